The molecule has 2 aliphatic rings. The zero-order valence-corrected chi connectivity index (χ0v) is 25.3. The first-order valence-corrected chi connectivity index (χ1v) is 14.3. The molecule has 2 amide bonds. The van der Waals surface area contributed by atoms with Gasteiger partial charge in [0.05, 0.1) is 56.2 Å². The van der Waals surface area contributed by atoms with E-state index in [1.807, 2.05) is 6.92 Å². The second kappa shape index (κ2) is 11.0. The molecule has 4 aromatic rings. The number of hydrogen-bond donors (Lipinski definition) is 0. The summed E-state index contributed by atoms with van der Waals surface area (Å²) >= 11 is 5.86. The lowest BCUT2D eigenvalue weighted by Crippen LogP contribution is -2.51. The Kier molecular flexibility index (Phi) is 7.50. The van der Waals surface area contributed by atoms with Crippen LogP contribution >= 0.6 is 11.6 Å². The summed E-state index contributed by atoms with van der Waals surface area (Å²) in [6.07, 6.45) is 3.43. The summed E-state index contributed by atoms with van der Waals surface area (Å²) in [7, 11) is 14.0. The van der Waals surface area contributed by atoms with Gasteiger partial charge in [-0.25, -0.2) is 28.1 Å². The van der Waals surface area contributed by atoms with Gasteiger partial charge in [-0.15, -0.1) is 0 Å². The molecule has 6 rings (SSSR count). The van der Waals surface area contributed by atoms with Crippen LogP contribution in [0.2, 0.25) is 5.02 Å². The van der Waals surface area contributed by atoms with Crippen LogP contribution in [0, 0.1) is 31.5 Å². The molecule has 0 bridgehead atoms. The van der Waals surface area contributed by atoms with Gasteiger partial charge < -0.3 is 4.90 Å². The van der Waals surface area contributed by atoms with Crippen LogP contribution in [0.5, 0.6) is 0 Å². The van der Waals surface area contributed by atoms with Crippen molar-refractivity contribution in [1.82, 2.24) is 29.7 Å². The van der Waals surface area contributed by atoms with Crippen LogP contribution in [0.4, 0.5) is 24.8 Å². The van der Waals surface area contributed by atoms with E-state index in [0.717, 1.165) is 18.3 Å². The first kappa shape index (κ1) is 30.8. The largest absolute Gasteiger partial charge is 0.307 e. The molecule has 226 valence electrons. The van der Waals surface area contributed by atoms with Crippen LogP contribution in [0.25, 0.3) is 11.3 Å². The van der Waals surface area contributed by atoms with Crippen molar-refractivity contribution in [3.63, 3.8) is 0 Å². The lowest BCUT2D eigenvalue weighted by atomic mass is 9.58. The monoisotopic (exact) mass is 630 g/mol. The molecule has 4 radical (unpaired) electrons. The van der Waals surface area contributed by atoms with Crippen molar-refractivity contribution in [1.29, 1.82) is 0 Å². The number of hydrogen-bond acceptors (Lipinski definition) is 7. The van der Waals surface area contributed by atoms with E-state index in [2.05, 4.69) is 25.0 Å². The van der Waals surface area contributed by atoms with Gasteiger partial charge in [-0.3, -0.25) is 24.2 Å². The number of aromatic nitrogens is 6. The Labute approximate surface area is 263 Å². The Morgan fingerprint density at radius 3 is 2.49 bits per heavy atom. The average molecular weight is 631 g/mol. The van der Waals surface area contributed by atoms with E-state index in [1.165, 1.54) is 30.0 Å². The van der Waals surface area contributed by atoms with Crippen molar-refractivity contribution in [3.8, 4) is 11.3 Å². The summed E-state index contributed by atoms with van der Waals surface area (Å²) in [6.45, 7) is 5.15. The summed E-state index contributed by atoms with van der Waals surface area (Å²) in [4.78, 5) is 46.0. The molecular weight excluding hydrogens is 606 g/mol. The van der Waals surface area contributed by atoms with Gasteiger partial charge in [0.25, 0.3) is 12.3 Å². The number of alkyl halides is 2. The predicted octanol–water partition coefficient (Wildman–Crippen LogP) is 4.34. The highest BCUT2D eigenvalue weighted by molar-refractivity contribution is 6.46. The summed E-state index contributed by atoms with van der Waals surface area (Å²) in [5.41, 5.74) is 0.292. The van der Waals surface area contributed by atoms with Gasteiger partial charge in [0, 0.05) is 47.7 Å². The van der Waals surface area contributed by atoms with Gasteiger partial charge >= 0.3 is 0 Å². The molecule has 1 saturated carbocycles. The molecule has 45 heavy (non-hydrogen) atoms. The molecule has 3 aromatic heterocycles. The molecule has 1 aliphatic heterocycles. The van der Waals surface area contributed by atoms with Crippen LogP contribution in [0.3, 0.4) is 0 Å². The highest BCUT2D eigenvalue weighted by atomic mass is 35.5. The Morgan fingerprint density at radius 2 is 1.84 bits per heavy atom. The second-order valence-electron chi connectivity index (χ2n) is 11.3. The summed E-state index contributed by atoms with van der Waals surface area (Å²) in [5.74, 6) is -2.09. The normalized spacial score (nSPS) is 19.1. The predicted molar refractivity (Wildman–Crippen MR) is 161 cm³/mol. The minimum absolute atomic E-state index is 0.125. The van der Waals surface area contributed by atoms with Crippen molar-refractivity contribution in [2.24, 2.45) is 11.8 Å². The van der Waals surface area contributed by atoms with Crippen LogP contribution in [0.15, 0.2) is 36.9 Å². The molecular formula is C29H24B2ClF3N8O2. The molecule has 1 aromatic carbocycles. The lowest BCUT2D eigenvalue weighted by Gasteiger charge is -2.34. The molecule has 16 heteroatoms. The van der Waals surface area contributed by atoms with E-state index < -0.39 is 34.6 Å². The average Bonchev–Trinajstić information content (AvgIpc) is 3.62. The van der Waals surface area contributed by atoms with Gasteiger partial charge in [-0.2, -0.15) is 5.10 Å². The molecule has 10 nitrogen and oxygen atoms in total. The second-order valence-corrected chi connectivity index (χ2v) is 11.7. The maximum absolute atomic E-state index is 14.9. The lowest BCUT2D eigenvalue weighted by molar-refractivity contribution is -0.118. The zero-order valence-electron chi connectivity index (χ0n) is 24.5. The minimum atomic E-state index is -3.02. The molecule has 2 fully saturated rings. The third-order valence-corrected chi connectivity index (χ3v) is 8.71. The maximum Gasteiger partial charge on any atom is 0.278 e. The van der Waals surface area contributed by atoms with Gasteiger partial charge in [-0.05, 0) is 44.5 Å². The number of anilines is 2. The fourth-order valence-electron chi connectivity index (χ4n) is 5.67. The SMILES string of the molecule is [B]C1([B])C2CC2C(=O)N1c1ncc([C@H](C)n2cc(N(C)C(=O)c3nc(-c4c(C(F)F)ccc(Cl)c4F)cnc3C)cn2)c(C)n1. The number of rotatable bonds is 7. The van der Waals surface area contributed by atoms with Crippen LogP contribution < -0.4 is 9.80 Å². The molecule has 3 atom stereocenters. The Hall–Kier alpha value is -4.26. The van der Waals surface area contributed by atoms with Crippen molar-refractivity contribution >= 4 is 50.7 Å². The Bertz CT molecular complexity index is 1870. The number of nitrogens with zero attached hydrogens (tertiary/aromatic N) is 8. The van der Waals surface area contributed by atoms with E-state index in [0.29, 0.717) is 23.4 Å². The molecule has 2 unspecified atom stereocenters. The molecule has 1 saturated heterocycles. The van der Waals surface area contributed by atoms with E-state index >= 15 is 0 Å². The molecule has 0 spiro atoms. The van der Waals surface area contributed by atoms with Crippen LogP contribution in [-0.2, 0) is 4.79 Å². The van der Waals surface area contributed by atoms with Crippen LogP contribution in [-0.4, -0.2) is 69.6 Å². The van der Waals surface area contributed by atoms with E-state index in [1.54, 1.807) is 24.0 Å². The highest BCUT2D eigenvalue weighted by Crippen LogP contribution is 2.54. The standard InChI is InChI=1S/C29H24B2ClF3N8O2/c1-12-18(9-37-28(39-12)43-26(44)17-7-19(17)29(43,30)31)14(3)42-11-15(8-38-42)41(4)27(45)24-13(2)36-10-21(40-24)22-16(25(34)35)5-6-20(32)23(22)33/h5-6,8-11,14,17,19,25H,7H2,1-4H3/t14-,17?,19?/m0/s1. The smallest absolute Gasteiger partial charge is 0.278 e. The summed E-state index contributed by atoms with van der Waals surface area (Å²) in [5, 5.41) is 2.69. The fraction of sp³-hybridized carbons (Fsp3) is 0.345. The number of carbonyl (C=O) groups is 2. The highest BCUT2D eigenvalue weighted by Gasteiger charge is 2.63. The molecule has 1 aliphatic carbocycles. The first-order chi connectivity index (χ1) is 21.2. The number of piperidine rings is 1. The first-order valence-electron chi connectivity index (χ1n) is 13.9. The van der Waals surface area contributed by atoms with E-state index in [4.69, 9.17) is 27.3 Å². The topological polar surface area (TPSA) is 110 Å². The third kappa shape index (κ3) is 5.06. The van der Waals surface area contributed by atoms with Gasteiger partial charge in [0.15, 0.2) is 11.5 Å². The van der Waals surface area contributed by atoms with Gasteiger partial charge in [0.2, 0.25) is 11.9 Å². The summed E-state index contributed by atoms with van der Waals surface area (Å²) < 4.78 is 43.9. The van der Waals surface area contributed by atoms with Crippen molar-refractivity contribution in [3.05, 3.63) is 76.0 Å². The van der Waals surface area contributed by atoms with Gasteiger partial charge in [-0.1, -0.05) is 17.7 Å². The molecule has 0 N–H and O–H groups in total. The van der Waals surface area contributed by atoms with E-state index in [-0.39, 0.29) is 51.8 Å². The quantitative estimate of drug-likeness (QED) is 0.280. The number of benzene rings is 1. The minimum Gasteiger partial charge on any atom is -0.307 e. The number of fused-ring (bicyclic) bond motifs is 1. The third-order valence-electron chi connectivity index (χ3n) is 8.42. The van der Waals surface area contributed by atoms with Crippen LogP contribution in [0.1, 0.15) is 58.8 Å². The summed E-state index contributed by atoms with van der Waals surface area (Å²) in [6, 6.07) is 1.65. The van der Waals surface area contributed by atoms with Crippen molar-refractivity contribution in [2.45, 2.75) is 45.0 Å². The zero-order chi connectivity index (χ0) is 32.5. The fourth-order valence-corrected chi connectivity index (χ4v) is 5.82. The van der Waals surface area contributed by atoms with E-state index in [9.17, 15) is 22.8 Å². The number of halogens is 4. The van der Waals surface area contributed by atoms with Crippen molar-refractivity contribution in [2.75, 3.05) is 16.8 Å². The van der Waals surface area contributed by atoms with Gasteiger partial charge in [0.1, 0.15) is 0 Å². The van der Waals surface area contributed by atoms with Crippen molar-refractivity contribution < 1.29 is 22.8 Å². The number of amides is 2. The Balaban J connectivity index is 1.24. The number of aryl methyl sites for hydroxylation is 2. The number of carbonyl (C=O) groups excluding carboxylic acids is 2. The molecule has 4 heterocycles. The maximum atomic E-state index is 14.9. The Morgan fingerprint density at radius 1 is 1.11 bits per heavy atom.